The maximum atomic E-state index is 14.4. The second-order valence-electron chi connectivity index (χ2n) is 10.4. The maximum Gasteiger partial charge on any atom is 0.491 e. The van der Waals surface area contributed by atoms with Crippen molar-refractivity contribution in [1.29, 1.82) is 0 Å². The summed E-state index contributed by atoms with van der Waals surface area (Å²) >= 11 is 0. The number of ether oxygens (including phenoxy) is 2. The molecule has 0 spiro atoms. The van der Waals surface area contributed by atoms with Gasteiger partial charge in [0.15, 0.2) is 0 Å². The molecule has 3 amide bonds. The van der Waals surface area contributed by atoms with Gasteiger partial charge in [-0.15, -0.1) is 13.2 Å². The SMILES string of the molecule is COc1ccc(CNc2ncnc3c(C(=O)Nc4cc(C(N)=O)cc(N(C(=O)c5ccccc5)C(F)(F)F)c4C)cccc23)c(OC)c1. The van der Waals surface area contributed by atoms with Crippen LogP contribution in [0.25, 0.3) is 10.9 Å². The first-order valence-corrected chi connectivity index (χ1v) is 14.3. The molecule has 1 heterocycles. The molecule has 0 aliphatic heterocycles. The van der Waals surface area contributed by atoms with E-state index in [0.717, 1.165) is 17.7 Å². The number of carbonyl (C=O) groups excluding carboxylic acids is 3. The summed E-state index contributed by atoms with van der Waals surface area (Å²) < 4.78 is 54.0. The first-order valence-electron chi connectivity index (χ1n) is 14.3. The zero-order chi connectivity index (χ0) is 34.6. The molecule has 0 aliphatic rings. The van der Waals surface area contributed by atoms with Crippen molar-refractivity contribution < 1.29 is 37.0 Å². The van der Waals surface area contributed by atoms with Gasteiger partial charge in [0, 0.05) is 40.4 Å². The number of carbonyl (C=O) groups is 3. The normalized spacial score (nSPS) is 11.1. The van der Waals surface area contributed by atoms with Crippen LogP contribution >= 0.6 is 0 Å². The van der Waals surface area contributed by atoms with Crippen molar-refractivity contribution in [3.8, 4) is 11.5 Å². The third-order valence-corrected chi connectivity index (χ3v) is 7.48. The molecule has 0 aliphatic carbocycles. The highest BCUT2D eigenvalue weighted by Crippen LogP contribution is 2.37. The monoisotopic (exact) mass is 658 g/mol. The smallest absolute Gasteiger partial charge is 0.491 e. The molecule has 0 unspecified atom stereocenters. The van der Waals surface area contributed by atoms with Crippen LogP contribution in [0.3, 0.4) is 0 Å². The number of hydrogen-bond acceptors (Lipinski definition) is 8. The van der Waals surface area contributed by atoms with Gasteiger partial charge in [-0.05, 0) is 61.0 Å². The van der Waals surface area contributed by atoms with Crippen molar-refractivity contribution in [1.82, 2.24) is 9.97 Å². The number of para-hydroxylation sites is 1. The van der Waals surface area contributed by atoms with Gasteiger partial charge in [-0.25, -0.2) is 14.9 Å². The molecule has 0 saturated heterocycles. The van der Waals surface area contributed by atoms with Crippen LogP contribution in [0.15, 0.2) is 85.2 Å². The first kappa shape index (κ1) is 33.2. The van der Waals surface area contributed by atoms with Crippen LogP contribution in [0.2, 0.25) is 0 Å². The Labute approximate surface area is 272 Å². The summed E-state index contributed by atoms with van der Waals surface area (Å²) in [6.45, 7) is 1.59. The van der Waals surface area contributed by atoms with Gasteiger partial charge in [0.25, 0.3) is 11.8 Å². The number of anilines is 3. The molecule has 4 N–H and O–H groups in total. The van der Waals surface area contributed by atoms with Crippen LogP contribution < -0.4 is 30.7 Å². The van der Waals surface area contributed by atoms with Gasteiger partial charge in [0.05, 0.1) is 31.0 Å². The highest BCUT2D eigenvalue weighted by Gasteiger charge is 2.44. The van der Waals surface area contributed by atoms with E-state index in [4.69, 9.17) is 15.2 Å². The minimum Gasteiger partial charge on any atom is -0.497 e. The molecule has 4 aromatic carbocycles. The largest absolute Gasteiger partial charge is 0.497 e. The molecule has 0 radical (unpaired) electrons. The number of rotatable bonds is 10. The Morgan fingerprint density at radius 3 is 2.31 bits per heavy atom. The van der Waals surface area contributed by atoms with Crippen LogP contribution in [0.1, 0.15) is 42.2 Å². The van der Waals surface area contributed by atoms with E-state index in [0.29, 0.717) is 29.2 Å². The Kier molecular flexibility index (Phi) is 9.45. The molecule has 5 rings (SSSR count). The minimum absolute atomic E-state index is 0.0680. The van der Waals surface area contributed by atoms with Gasteiger partial charge in [-0.2, -0.15) is 0 Å². The number of nitrogens with two attached hydrogens (primary N) is 1. The fourth-order valence-corrected chi connectivity index (χ4v) is 5.05. The van der Waals surface area contributed by atoms with Crippen LogP contribution in [0.5, 0.6) is 11.5 Å². The van der Waals surface area contributed by atoms with Crippen LogP contribution in [-0.2, 0) is 6.54 Å². The standard InChI is InChI=1S/C34H29F3N6O5/c1-19-26(14-22(30(38)44)15-27(19)43(34(35,36)37)33(46)20-8-5-4-6-9-20)42-32(45)25-11-7-10-24-29(25)40-18-41-31(24)39-17-21-12-13-23(47-2)16-28(21)48-3/h4-16,18H,17H2,1-3H3,(H2,38,44)(H,42,45)(H,39,40,41). The number of hydrogen-bond donors (Lipinski definition) is 3. The number of methoxy groups -OCH3 is 2. The lowest BCUT2D eigenvalue weighted by atomic mass is 10.0. The van der Waals surface area contributed by atoms with Crippen LogP contribution in [0.4, 0.5) is 30.4 Å². The summed E-state index contributed by atoms with van der Waals surface area (Å²) in [4.78, 5) is 47.3. The second kappa shape index (κ2) is 13.7. The Bertz CT molecular complexity index is 2020. The van der Waals surface area contributed by atoms with Crippen molar-refractivity contribution in [3.63, 3.8) is 0 Å². The summed E-state index contributed by atoms with van der Waals surface area (Å²) in [7, 11) is 3.08. The van der Waals surface area contributed by atoms with Gasteiger partial charge < -0.3 is 25.8 Å². The average molecular weight is 659 g/mol. The summed E-state index contributed by atoms with van der Waals surface area (Å²) in [5.74, 6) is -1.59. The molecule has 1 aromatic heterocycles. The zero-order valence-corrected chi connectivity index (χ0v) is 25.9. The Balaban J connectivity index is 1.50. The predicted octanol–water partition coefficient (Wildman–Crippen LogP) is 6.09. The maximum absolute atomic E-state index is 14.4. The molecule has 48 heavy (non-hydrogen) atoms. The van der Waals surface area contributed by atoms with E-state index in [1.54, 1.807) is 37.4 Å². The van der Waals surface area contributed by atoms with E-state index in [1.807, 2.05) is 6.07 Å². The van der Waals surface area contributed by atoms with Crippen molar-refractivity contribution in [2.45, 2.75) is 19.8 Å². The summed E-state index contributed by atoms with van der Waals surface area (Å²) in [5, 5.41) is 6.29. The van der Waals surface area contributed by atoms with E-state index in [9.17, 15) is 27.6 Å². The molecule has 5 aromatic rings. The third kappa shape index (κ3) is 6.82. The summed E-state index contributed by atoms with van der Waals surface area (Å²) in [5.41, 5.74) is 4.99. The third-order valence-electron chi connectivity index (χ3n) is 7.48. The van der Waals surface area contributed by atoms with Gasteiger partial charge in [0.1, 0.15) is 23.6 Å². The van der Waals surface area contributed by atoms with Gasteiger partial charge >= 0.3 is 6.30 Å². The van der Waals surface area contributed by atoms with E-state index in [-0.39, 0.29) is 38.4 Å². The number of fused-ring (bicyclic) bond motifs is 1. The van der Waals surface area contributed by atoms with Crippen molar-refractivity contribution in [2.24, 2.45) is 5.73 Å². The Hall–Kier alpha value is -6.18. The van der Waals surface area contributed by atoms with Crippen molar-refractivity contribution >= 4 is 45.8 Å². The second-order valence-corrected chi connectivity index (χ2v) is 10.4. The number of amides is 3. The molecule has 0 atom stereocenters. The van der Waals surface area contributed by atoms with Crippen molar-refractivity contribution in [3.05, 3.63) is 113 Å². The van der Waals surface area contributed by atoms with E-state index < -0.39 is 29.7 Å². The molecule has 0 saturated carbocycles. The Morgan fingerprint density at radius 1 is 0.896 bits per heavy atom. The fraction of sp³-hybridized carbons (Fsp3) is 0.147. The lowest BCUT2D eigenvalue weighted by Gasteiger charge is -2.28. The quantitative estimate of drug-likeness (QED) is 0.153. The summed E-state index contributed by atoms with van der Waals surface area (Å²) in [6, 6.07) is 19.0. The first-order chi connectivity index (χ1) is 22.9. The molecule has 11 nitrogen and oxygen atoms in total. The number of nitrogens with one attached hydrogen (secondary N) is 2. The predicted molar refractivity (Wildman–Crippen MR) is 173 cm³/mol. The molecular weight excluding hydrogens is 629 g/mol. The molecule has 246 valence electrons. The van der Waals surface area contributed by atoms with Gasteiger partial charge in [0.2, 0.25) is 5.91 Å². The lowest BCUT2D eigenvalue weighted by Crippen LogP contribution is -2.43. The number of aromatic nitrogens is 2. The fourth-order valence-electron chi connectivity index (χ4n) is 5.05. The Morgan fingerprint density at radius 2 is 1.65 bits per heavy atom. The van der Waals surface area contributed by atoms with Gasteiger partial charge in [-0.3, -0.25) is 14.4 Å². The van der Waals surface area contributed by atoms with Crippen molar-refractivity contribution in [2.75, 3.05) is 29.8 Å². The lowest BCUT2D eigenvalue weighted by molar-refractivity contribution is -0.122. The number of benzene rings is 4. The number of primary amides is 1. The van der Waals surface area contributed by atoms with Crippen LogP contribution in [-0.4, -0.2) is 48.2 Å². The molecule has 0 fully saturated rings. The molecular formula is C34H29F3N6O5. The van der Waals surface area contributed by atoms with Crippen LogP contribution in [0, 0.1) is 6.92 Å². The van der Waals surface area contributed by atoms with E-state index >= 15 is 0 Å². The summed E-state index contributed by atoms with van der Waals surface area (Å²) in [6.07, 6.45) is -3.93. The van der Waals surface area contributed by atoms with E-state index in [2.05, 4.69) is 20.6 Å². The van der Waals surface area contributed by atoms with E-state index in [1.165, 1.54) is 50.7 Å². The van der Waals surface area contributed by atoms with Gasteiger partial charge in [-0.1, -0.05) is 24.3 Å². The molecule has 14 heteroatoms. The zero-order valence-electron chi connectivity index (χ0n) is 25.9. The molecule has 0 bridgehead atoms. The number of alkyl halides is 3. The average Bonchev–Trinajstić information content (AvgIpc) is 3.08. The highest BCUT2D eigenvalue weighted by atomic mass is 19.4. The topological polar surface area (TPSA) is 149 Å². The highest BCUT2D eigenvalue weighted by molar-refractivity contribution is 6.14. The minimum atomic E-state index is -5.19. The number of halogens is 3. The number of nitrogens with zero attached hydrogens (tertiary/aromatic N) is 3.